The highest BCUT2D eigenvalue weighted by Crippen LogP contribution is 2.41. The Bertz CT molecular complexity index is 1390. The lowest BCUT2D eigenvalue weighted by Gasteiger charge is -2.26. The van der Waals surface area contributed by atoms with Gasteiger partial charge in [0.2, 0.25) is 0 Å². The summed E-state index contributed by atoms with van der Waals surface area (Å²) in [5, 5.41) is 14.5. The molecule has 0 unspecified atom stereocenters. The van der Waals surface area contributed by atoms with Gasteiger partial charge in [0, 0.05) is 72.0 Å². The lowest BCUT2D eigenvalue weighted by Crippen LogP contribution is -2.31. The Balaban J connectivity index is 1.73. The molecule has 0 radical (unpaired) electrons. The van der Waals surface area contributed by atoms with Crippen LogP contribution in [0.4, 0.5) is 0 Å². The highest BCUT2D eigenvalue weighted by Gasteiger charge is 2.31. The van der Waals surface area contributed by atoms with Gasteiger partial charge in [-0.15, -0.1) is 0 Å². The smallest absolute Gasteiger partial charge is 0.172 e. The van der Waals surface area contributed by atoms with Crippen LogP contribution in [0.25, 0.3) is 16.7 Å². The van der Waals surface area contributed by atoms with Crippen molar-refractivity contribution in [3.8, 4) is 11.1 Å². The van der Waals surface area contributed by atoms with Crippen LogP contribution in [0.1, 0.15) is 51.3 Å². The van der Waals surface area contributed by atoms with Crippen LogP contribution in [-0.4, -0.2) is 46.7 Å². The molecule has 0 saturated heterocycles. The van der Waals surface area contributed by atoms with Crippen LogP contribution in [0.3, 0.4) is 0 Å². The molecule has 1 atom stereocenters. The number of allylic oxidation sites excluding steroid dienone is 1. The summed E-state index contributed by atoms with van der Waals surface area (Å²) in [6.45, 7) is 1.41. The summed E-state index contributed by atoms with van der Waals surface area (Å²) in [5.74, 6) is 0.908. The van der Waals surface area contributed by atoms with Crippen molar-refractivity contribution < 1.29 is 14.3 Å². The molecule has 6 rings (SSSR count). The Labute approximate surface area is 197 Å². The van der Waals surface area contributed by atoms with E-state index in [4.69, 9.17) is 9.41 Å². The van der Waals surface area contributed by atoms with E-state index >= 15 is 0 Å². The van der Waals surface area contributed by atoms with Crippen molar-refractivity contribution in [2.45, 2.75) is 25.7 Å². The number of Topliss-reactive ketones (excluding diaryl/α,β-unsaturated/α-hetero) is 1. The first-order valence-corrected chi connectivity index (χ1v) is 11.7. The maximum atomic E-state index is 13.0. The SMILES string of the molecule is CNC[C@@H]1CCc2cc3c4cncc-4cc2C1=NCCc1cc2c([nH]cco1)C3=C(O)CC2=O. The molecule has 7 nitrogen and oxygen atoms in total. The van der Waals surface area contributed by atoms with E-state index in [1.165, 1.54) is 5.56 Å². The van der Waals surface area contributed by atoms with Crippen LogP contribution >= 0.6 is 0 Å². The van der Waals surface area contributed by atoms with Crippen molar-refractivity contribution in [2.75, 3.05) is 20.1 Å². The molecule has 8 bridgehead atoms. The molecule has 3 aliphatic carbocycles. The molecule has 0 spiro atoms. The number of nitrogens with one attached hydrogen (secondary N) is 2. The van der Waals surface area contributed by atoms with Gasteiger partial charge in [0.15, 0.2) is 5.78 Å². The third-order valence-corrected chi connectivity index (χ3v) is 7.02. The quantitative estimate of drug-likeness (QED) is 0.537. The van der Waals surface area contributed by atoms with E-state index in [-0.39, 0.29) is 18.0 Å². The molecule has 0 saturated carbocycles. The molecule has 34 heavy (non-hydrogen) atoms. The molecular formula is C27H26N4O3. The topological polar surface area (TPSA) is 104 Å². The first kappa shape index (κ1) is 20.9. The third kappa shape index (κ3) is 3.35. The molecule has 0 amide bonds. The minimum absolute atomic E-state index is 0.0498. The van der Waals surface area contributed by atoms with Crippen molar-refractivity contribution in [3.05, 3.63) is 82.5 Å². The van der Waals surface area contributed by atoms with Gasteiger partial charge in [0.05, 0.1) is 12.1 Å². The molecule has 172 valence electrons. The number of aliphatic imine (C=N–C) groups is 1. The lowest BCUT2D eigenvalue weighted by molar-refractivity contribution is 0.0977. The third-order valence-electron chi connectivity index (χ3n) is 7.02. The predicted octanol–water partition coefficient (Wildman–Crippen LogP) is 4.26. The minimum Gasteiger partial charge on any atom is -0.511 e. The number of rotatable bonds is 2. The zero-order valence-electron chi connectivity index (χ0n) is 19.0. The predicted molar refractivity (Wildman–Crippen MR) is 130 cm³/mol. The number of ketones is 1. The molecular weight excluding hydrogens is 428 g/mol. The van der Waals surface area contributed by atoms with E-state index < -0.39 is 0 Å². The molecule has 1 aromatic heterocycles. The fraction of sp³-hybridized carbons (Fsp3) is 0.296. The van der Waals surface area contributed by atoms with Gasteiger partial charge >= 0.3 is 0 Å². The summed E-state index contributed by atoms with van der Waals surface area (Å²) in [6, 6.07) is 6.16. The monoisotopic (exact) mass is 454 g/mol. The van der Waals surface area contributed by atoms with E-state index in [0.29, 0.717) is 41.5 Å². The van der Waals surface area contributed by atoms with Gasteiger partial charge in [-0.3, -0.25) is 14.8 Å². The van der Waals surface area contributed by atoms with Gasteiger partial charge < -0.3 is 19.8 Å². The van der Waals surface area contributed by atoms with Gasteiger partial charge in [-0.1, -0.05) is 0 Å². The minimum atomic E-state index is -0.143. The van der Waals surface area contributed by atoms with Gasteiger partial charge in [-0.25, -0.2) is 0 Å². The van der Waals surface area contributed by atoms with Crippen molar-refractivity contribution in [1.29, 1.82) is 0 Å². The van der Waals surface area contributed by atoms with E-state index in [1.54, 1.807) is 18.5 Å². The number of hydrogen-bond acceptors (Lipinski definition) is 6. The first-order valence-electron chi connectivity index (χ1n) is 11.7. The molecule has 1 aromatic rings. The summed E-state index contributed by atoms with van der Waals surface area (Å²) in [6.07, 6.45) is 9.37. The summed E-state index contributed by atoms with van der Waals surface area (Å²) in [5.41, 5.74) is 7.98. The molecule has 7 heteroatoms. The van der Waals surface area contributed by atoms with E-state index in [0.717, 1.165) is 47.4 Å². The Morgan fingerprint density at radius 3 is 2.94 bits per heavy atom. The zero-order valence-corrected chi connectivity index (χ0v) is 19.0. The number of aliphatic hydroxyl groups excluding tert-OH is 1. The van der Waals surface area contributed by atoms with Crippen LogP contribution < -0.4 is 5.32 Å². The molecule has 5 aliphatic rings. The second kappa shape index (κ2) is 8.25. The molecule has 3 N–H and O–H groups in total. The highest BCUT2D eigenvalue weighted by atomic mass is 16.3. The van der Waals surface area contributed by atoms with Gasteiger partial charge in [-0.05, 0) is 54.8 Å². The summed E-state index contributed by atoms with van der Waals surface area (Å²) in [7, 11) is 1.97. The lowest BCUT2D eigenvalue weighted by atomic mass is 9.82. The van der Waals surface area contributed by atoms with Gasteiger partial charge in [-0.2, -0.15) is 0 Å². The molecule has 0 aromatic carbocycles. The van der Waals surface area contributed by atoms with E-state index in [2.05, 4.69) is 27.4 Å². The standard InChI is InChI=1S/C27H26N4O3/c1-28-12-16-3-2-15-8-20-22-14-29-13-17(22)9-19(15)26(16)30-5-4-18-10-21-23(32)11-24(33)25(20)27(21)31-6-7-34-18/h6-10,13-14,16,28,31,33H,2-5,11-12H2,1H3/t16-/m0/s1. The number of carbonyl (C=O) groups is 1. The number of fused-ring (bicyclic) bond motifs is 5. The van der Waals surface area contributed by atoms with Crippen LogP contribution in [-0.2, 0) is 12.8 Å². The number of hydrogen-bond donors (Lipinski definition) is 3. The van der Waals surface area contributed by atoms with Crippen molar-refractivity contribution >= 4 is 17.1 Å². The van der Waals surface area contributed by atoms with Crippen LogP contribution in [0.2, 0.25) is 0 Å². The van der Waals surface area contributed by atoms with Crippen molar-refractivity contribution in [1.82, 2.24) is 15.3 Å². The second-order valence-electron chi connectivity index (χ2n) is 9.11. The zero-order chi connectivity index (χ0) is 23.2. The number of H-pyrrole nitrogens is 1. The average Bonchev–Trinajstić information content (AvgIpc) is 3.19. The van der Waals surface area contributed by atoms with Crippen LogP contribution in [0.5, 0.6) is 0 Å². The average molecular weight is 455 g/mol. The molecule has 0 fully saturated rings. The number of nitrogens with zero attached hydrogens (tertiary/aromatic N) is 2. The fourth-order valence-corrected chi connectivity index (χ4v) is 5.45. The maximum absolute atomic E-state index is 13.0. The van der Waals surface area contributed by atoms with Gasteiger partial charge in [0.1, 0.15) is 17.8 Å². The molecule has 2 aliphatic heterocycles. The first-order chi connectivity index (χ1) is 16.6. The summed E-state index contributed by atoms with van der Waals surface area (Å²) < 4.78 is 5.82. The Kier molecular flexibility index (Phi) is 5.07. The fourth-order valence-electron chi connectivity index (χ4n) is 5.45. The number of aromatic amines is 1. The van der Waals surface area contributed by atoms with Gasteiger partial charge in [0.25, 0.3) is 0 Å². The van der Waals surface area contributed by atoms with Crippen molar-refractivity contribution in [3.63, 3.8) is 0 Å². The Morgan fingerprint density at radius 1 is 1.15 bits per heavy atom. The van der Waals surface area contributed by atoms with Crippen molar-refractivity contribution in [2.24, 2.45) is 10.9 Å². The number of aryl methyl sites for hydroxylation is 1. The number of aliphatic hydroxyl groups is 1. The van der Waals surface area contributed by atoms with E-state index in [1.807, 2.05) is 19.4 Å². The largest absolute Gasteiger partial charge is 0.511 e. The molecule has 3 heterocycles. The summed E-state index contributed by atoms with van der Waals surface area (Å²) in [4.78, 5) is 25.8. The summed E-state index contributed by atoms with van der Waals surface area (Å²) >= 11 is 0. The van der Waals surface area contributed by atoms with Crippen LogP contribution in [0, 0.1) is 5.92 Å². The Hall–Kier alpha value is -3.71. The van der Waals surface area contributed by atoms with Crippen LogP contribution in [0.15, 0.2) is 58.2 Å². The number of aromatic nitrogens is 2. The van der Waals surface area contributed by atoms with E-state index in [9.17, 15) is 9.90 Å². The highest BCUT2D eigenvalue weighted by molar-refractivity contribution is 6.09. The maximum Gasteiger partial charge on any atom is 0.172 e. The normalized spacial score (nSPS) is 18.9. The number of carbonyl (C=O) groups excluding carboxylic acids is 1. The second-order valence-corrected chi connectivity index (χ2v) is 9.11. The Morgan fingerprint density at radius 2 is 2.06 bits per heavy atom.